The Hall–Kier alpha value is -0.970. The van der Waals surface area contributed by atoms with Gasteiger partial charge in [0.25, 0.3) is 0 Å². The average molecular weight is 281 g/mol. The maximum absolute atomic E-state index is 13.5. The predicted octanol–water partition coefficient (Wildman–Crippen LogP) is 2.67. The molecule has 1 N–H and O–H groups in total. The molecular formula is C16H24FNO2. The highest BCUT2D eigenvalue weighted by molar-refractivity contribution is 5.30. The van der Waals surface area contributed by atoms with E-state index in [0.717, 1.165) is 25.1 Å². The molecule has 1 aliphatic heterocycles. The van der Waals surface area contributed by atoms with Crippen molar-refractivity contribution in [1.29, 1.82) is 0 Å². The largest absolute Gasteiger partial charge is 0.386 e. The van der Waals surface area contributed by atoms with Crippen LogP contribution < -0.4 is 0 Å². The number of aliphatic hydroxyl groups is 1. The number of hydrogen-bond donors (Lipinski definition) is 1. The molecular weight excluding hydrogens is 257 g/mol. The van der Waals surface area contributed by atoms with E-state index < -0.39 is 11.6 Å². The molecule has 0 radical (unpaired) electrons. The van der Waals surface area contributed by atoms with Gasteiger partial charge in [0, 0.05) is 18.6 Å². The Labute approximate surface area is 120 Å². The first-order valence-electron chi connectivity index (χ1n) is 7.26. The molecule has 2 rings (SSSR count). The zero-order chi connectivity index (χ0) is 14.8. The summed E-state index contributed by atoms with van der Waals surface area (Å²) in [5.41, 5.74) is 1.20. The lowest BCUT2D eigenvalue weighted by atomic mass is 9.83. The number of halogens is 1. The summed E-state index contributed by atoms with van der Waals surface area (Å²) >= 11 is 0. The van der Waals surface area contributed by atoms with E-state index in [2.05, 4.69) is 11.8 Å². The second-order valence-corrected chi connectivity index (χ2v) is 5.71. The normalized spacial score (nSPS) is 21.4. The third-order valence-corrected chi connectivity index (χ3v) is 4.57. The van der Waals surface area contributed by atoms with Crippen LogP contribution in [0.1, 0.15) is 37.5 Å². The summed E-state index contributed by atoms with van der Waals surface area (Å²) in [4.78, 5) is 2.26. The van der Waals surface area contributed by atoms with E-state index in [9.17, 15) is 9.50 Å². The quantitative estimate of drug-likeness (QED) is 0.921. The SMILES string of the molecule is CCC(C)(C(O)c1cc(F)ccc1C)N1CCOCC1. The number of morpholine rings is 1. The lowest BCUT2D eigenvalue weighted by Crippen LogP contribution is -2.54. The van der Waals surface area contributed by atoms with Crippen LogP contribution >= 0.6 is 0 Å². The fraction of sp³-hybridized carbons (Fsp3) is 0.625. The van der Waals surface area contributed by atoms with E-state index in [1.807, 2.05) is 13.8 Å². The van der Waals surface area contributed by atoms with Gasteiger partial charge in [0.15, 0.2) is 0 Å². The lowest BCUT2D eigenvalue weighted by molar-refractivity contribution is -0.0736. The molecule has 112 valence electrons. The minimum absolute atomic E-state index is 0.301. The minimum Gasteiger partial charge on any atom is -0.386 e. The Morgan fingerprint density at radius 3 is 2.65 bits per heavy atom. The van der Waals surface area contributed by atoms with Gasteiger partial charge < -0.3 is 9.84 Å². The molecule has 1 aliphatic rings. The van der Waals surface area contributed by atoms with Crippen LogP contribution in [0.5, 0.6) is 0 Å². The maximum atomic E-state index is 13.5. The fourth-order valence-electron chi connectivity index (χ4n) is 2.90. The number of benzene rings is 1. The van der Waals surface area contributed by atoms with Crippen LogP contribution in [0.25, 0.3) is 0 Å². The van der Waals surface area contributed by atoms with Crippen molar-refractivity contribution in [3.05, 3.63) is 35.1 Å². The van der Waals surface area contributed by atoms with E-state index >= 15 is 0 Å². The first-order chi connectivity index (χ1) is 9.49. The van der Waals surface area contributed by atoms with Crippen molar-refractivity contribution in [3.8, 4) is 0 Å². The third kappa shape index (κ3) is 2.87. The smallest absolute Gasteiger partial charge is 0.123 e. The zero-order valence-electron chi connectivity index (χ0n) is 12.5. The van der Waals surface area contributed by atoms with Gasteiger partial charge in [0.05, 0.1) is 19.3 Å². The van der Waals surface area contributed by atoms with Crippen molar-refractivity contribution in [2.75, 3.05) is 26.3 Å². The van der Waals surface area contributed by atoms with E-state index in [1.165, 1.54) is 12.1 Å². The van der Waals surface area contributed by atoms with Gasteiger partial charge in [-0.2, -0.15) is 0 Å². The standard InChI is InChI=1S/C16H24FNO2/c1-4-16(3,18-7-9-20-10-8-18)15(19)14-11-13(17)6-5-12(14)2/h5-6,11,15,19H,4,7-10H2,1-3H3. The van der Waals surface area contributed by atoms with Crippen LogP contribution in [0.2, 0.25) is 0 Å². The third-order valence-electron chi connectivity index (χ3n) is 4.57. The molecule has 0 aromatic heterocycles. The average Bonchev–Trinajstić information content (AvgIpc) is 2.49. The number of nitrogens with zero attached hydrogens (tertiary/aromatic N) is 1. The summed E-state index contributed by atoms with van der Waals surface area (Å²) < 4.78 is 18.9. The molecule has 2 unspecified atom stereocenters. The van der Waals surface area contributed by atoms with Crippen LogP contribution in [0, 0.1) is 12.7 Å². The molecule has 2 atom stereocenters. The van der Waals surface area contributed by atoms with Gasteiger partial charge in [-0.15, -0.1) is 0 Å². The van der Waals surface area contributed by atoms with Crippen molar-refractivity contribution in [1.82, 2.24) is 4.90 Å². The van der Waals surface area contributed by atoms with Gasteiger partial charge in [-0.25, -0.2) is 4.39 Å². The van der Waals surface area contributed by atoms with Crippen molar-refractivity contribution < 1.29 is 14.2 Å². The molecule has 1 fully saturated rings. The Bertz CT molecular complexity index is 460. The lowest BCUT2D eigenvalue weighted by Gasteiger charge is -2.46. The highest BCUT2D eigenvalue weighted by Gasteiger charge is 2.39. The molecule has 20 heavy (non-hydrogen) atoms. The summed E-state index contributed by atoms with van der Waals surface area (Å²) in [6.07, 6.45) is 0.0886. The summed E-state index contributed by atoms with van der Waals surface area (Å²) in [6.45, 7) is 8.99. The van der Waals surface area contributed by atoms with E-state index in [0.29, 0.717) is 18.8 Å². The van der Waals surface area contributed by atoms with Crippen molar-refractivity contribution in [2.45, 2.75) is 38.8 Å². The van der Waals surface area contributed by atoms with Crippen molar-refractivity contribution in [2.24, 2.45) is 0 Å². The van der Waals surface area contributed by atoms with E-state index in [-0.39, 0.29) is 5.82 Å². The number of ether oxygens (including phenoxy) is 1. The molecule has 0 bridgehead atoms. The first kappa shape index (κ1) is 15.4. The number of aryl methyl sites for hydroxylation is 1. The van der Waals surface area contributed by atoms with E-state index in [1.54, 1.807) is 6.07 Å². The molecule has 1 heterocycles. The Balaban J connectivity index is 2.31. The fourth-order valence-corrected chi connectivity index (χ4v) is 2.90. The highest BCUT2D eigenvalue weighted by Crippen LogP contribution is 2.36. The maximum Gasteiger partial charge on any atom is 0.123 e. The first-order valence-corrected chi connectivity index (χ1v) is 7.26. The van der Waals surface area contributed by atoms with Crippen LogP contribution in [0.4, 0.5) is 4.39 Å². The number of hydrogen-bond acceptors (Lipinski definition) is 3. The summed E-state index contributed by atoms with van der Waals surface area (Å²) in [7, 11) is 0. The van der Waals surface area contributed by atoms with Crippen LogP contribution in [0.15, 0.2) is 18.2 Å². The van der Waals surface area contributed by atoms with Crippen LogP contribution in [0.3, 0.4) is 0 Å². The molecule has 1 aromatic rings. The second kappa shape index (κ2) is 6.20. The minimum atomic E-state index is -0.707. The Morgan fingerprint density at radius 2 is 2.05 bits per heavy atom. The summed E-state index contributed by atoms with van der Waals surface area (Å²) in [6, 6.07) is 4.61. The Kier molecular flexibility index (Phi) is 4.78. The van der Waals surface area contributed by atoms with Gasteiger partial charge in [-0.05, 0) is 43.5 Å². The van der Waals surface area contributed by atoms with Crippen molar-refractivity contribution >= 4 is 0 Å². The highest BCUT2D eigenvalue weighted by atomic mass is 19.1. The monoisotopic (exact) mass is 281 g/mol. The number of rotatable bonds is 4. The molecule has 0 aliphatic carbocycles. The number of aliphatic hydroxyl groups excluding tert-OH is 1. The molecule has 0 saturated carbocycles. The topological polar surface area (TPSA) is 32.7 Å². The van der Waals surface area contributed by atoms with Gasteiger partial charge >= 0.3 is 0 Å². The second-order valence-electron chi connectivity index (χ2n) is 5.71. The van der Waals surface area contributed by atoms with Crippen LogP contribution in [-0.2, 0) is 4.74 Å². The van der Waals surface area contributed by atoms with Gasteiger partial charge in [-0.1, -0.05) is 13.0 Å². The zero-order valence-corrected chi connectivity index (χ0v) is 12.5. The van der Waals surface area contributed by atoms with Gasteiger partial charge in [0.1, 0.15) is 5.82 Å². The molecule has 4 heteroatoms. The van der Waals surface area contributed by atoms with E-state index in [4.69, 9.17) is 4.74 Å². The summed E-state index contributed by atoms with van der Waals surface area (Å²) in [5.74, 6) is -0.301. The molecule has 0 amide bonds. The predicted molar refractivity (Wildman–Crippen MR) is 77.2 cm³/mol. The molecule has 1 saturated heterocycles. The van der Waals surface area contributed by atoms with Gasteiger partial charge in [0.2, 0.25) is 0 Å². The molecule has 3 nitrogen and oxygen atoms in total. The van der Waals surface area contributed by atoms with Crippen LogP contribution in [-0.4, -0.2) is 41.8 Å². The van der Waals surface area contributed by atoms with Crippen molar-refractivity contribution in [3.63, 3.8) is 0 Å². The Morgan fingerprint density at radius 1 is 1.40 bits per heavy atom. The molecule has 0 spiro atoms. The molecule has 1 aromatic carbocycles. The van der Waals surface area contributed by atoms with Gasteiger partial charge in [-0.3, -0.25) is 4.90 Å². The summed E-state index contributed by atoms with van der Waals surface area (Å²) in [5, 5.41) is 10.8.